The Balaban J connectivity index is 1.92. The Bertz CT molecular complexity index is 608. The van der Waals surface area contributed by atoms with Gasteiger partial charge in [0.05, 0.1) is 12.5 Å². The van der Waals surface area contributed by atoms with E-state index in [1.54, 1.807) is 21.0 Å². The third kappa shape index (κ3) is 4.17. The molecule has 132 valence electrons. The maximum Gasteiger partial charge on any atom is 0.310 e. The molecule has 1 saturated carbocycles. The molecule has 1 aromatic carbocycles. The Kier molecular flexibility index (Phi) is 5.70. The van der Waals surface area contributed by atoms with Crippen LogP contribution < -0.4 is 0 Å². The maximum atomic E-state index is 13.1. The van der Waals surface area contributed by atoms with E-state index < -0.39 is 35.5 Å². The third-order valence-electron chi connectivity index (χ3n) is 4.43. The summed E-state index contributed by atoms with van der Waals surface area (Å²) >= 11 is 0. The van der Waals surface area contributed by atoms with Gasteiger partial charge in [-0.2, -0.15) is 0 Å². The van der Waals surface area contributed by atoms with E-state index in [1.165, 1.54) is 0 Å². The predicted octanol–water partition coefficient (Wildman–Crippen LogP) is 4.27. The molecule has 0 bridgehead atoms. The van der Waals surface area contributed by atoms with Crippen LogP contribution in [0.1, 0.15) is 25.0 Å². The molecule has 2 rings (SSSR count). The van der Waals surface area contributed by atoms with Crippen LogP contribution in [-0.2, 0) is 27.5 Å². The van der Waals surface area contributed by atoms with E-state index in [-0.39, 0.29) is 6.61 Å². The molecule has 0 heterocycles. The van der Waals surface area contributed by atoms with Crippen molar-refractivity contribution in [3.05, 3.63) is 47.3 Å². The highest BCUT2D eigenvalue weighted by molar-refractivity contribution is 5.78. The molecule has 0 N–H and O–H groups in total. The molecular weight excluding hydrogens is 321 g/mol. The molecule has 6 heteroatoms. The van der Waals surface area contributed by atoms with Crippen molar-refractivity contribution >= 4 is 5.97 Å². The van der Waals surface area contributed by atoms with Gasteiger partial charge >= 0.3 is 5.97 Å². The Morgan fingerprint density at radius 1 is 1.21 bits per heavy atom. The molecule has 0 saturated heterocycles. The summed E-state index contributed by atoms with van der Waals surface area (Å²) in [6, 6.07) is 7.40. The SMILES string of the molecule is COCc1ccc(COC(=O)C2C(/C=C(\F)C(F)F)C2(C)C)cc1. The molecular formula is C18H21F3O3. The minimum absolute atomic E-state index is 0.0897. The summed E-state index contributed by atoms with van der Waals surface area (Å²) in [5.41, 5.74) is 1.24. The van der Waals surface area contributed by atoms with Gasteiger partial charge in [0.25, 0.3) is 6.43 Å². The van der Waals surface area contributed by atoms with Gasteiger partial charge in [-0.25, -0.2) is 13.2 Å². The number of alkyl halides is 2. The fourth-order valence-corrected chi connectivity index (χ4v) is 2.83. The van der Waals surface area contributed by atoms with E-state index in [0.29, 0.717) is 6.61 Å². The molecule has 1 fully saturated rings. The van der Waals surface area contributed by atoms with E-state index in [9.17, 15) is 18.0 Å². The second-order valence-corrected chi connectivity index (χ2v) is 6.53. The minimum atomic E-state index is -3.15. The zero-order valence-electron chi connectivity index (χ0n) is 13.9. The lowest BCUT2D eigenvalue weighted by molar-refractivity contribution is -0.147. The zero-order chi connectivity index (χ0) is 17.9. The van der Waals surface area contributed by atoms with Crippen molar-refractivity contribution < 1.29 is 27.4 Å². The highest BCUT2D eigenvalue weighted by Crippen LogP contribution is 2.60. The van der Waals surface area contributed by atoms with Crippen LogP contribution in [0.3, 0.4) is 0 Å². The Hall–Kier alpha value is -1.82. The molecule has 1 aromatic rings. The first-order valence-electron chi connectivity index (χ1n) is 7.66. The largest absolute Gasteiger partial charge is 0.461 e. The van der Waals surface area contributed by atoms with E-state index in [1.807, 2.05) is 24.3 Å². The highest BCUT2D eigenvalue weighted by atomic mass is 19.3. The third-order valence-corrected chi connectivity index (χ3v) is 4.43. The molecule has 0 radical (unpaired) electrons. The summed E-state index contributed by atoms with van der Waals surface area (Å²) in [6.45, 7) is 4.06. The molecule has 1 aliphatic carbocycles. The average Bonchev–Trinajstić information content (AvgIpc) is 3.07. The molecule has 0 amide bonds. The smallest absolute Gasteiger partial charge is 0.310 e. The highest BCUT2D eigenvalue weighted by Gasteiger charge is 2.61. The van der Waals surface area contributed by atoms with Gasteiger partial charge in [0.15, 0.2) is 5.83 Å². The van der Waals surface area contributed by atoms with Gasteiger partial charge in [-0.1, -0.05) is 38.1 Å². The number of methoxy groups -OCH3 is 1. The van der Waals surface area contributed by atoms with Gasteiger partial charge in [0.2, 0.25) is 0 Å². The lowest BCUT2D eigenvalue weighted by Gasteiger charge is -2.07. The summed E-state index contributed by atoms with van der Waals surface area (Å²) in [7, 11) is 1.61. The number of hydrogen-bond acceptors (Lipinski definition) is 3. The Morgan fingerprint density at radius 3 is 2.25 bits per heavy atom. The van der Waals surface area contributed by atoms with Crippen molar-refractivity contribution in [1.29, 1.82) is 0 Å². The fraction of sp³-hybridized carbons (Fsp3) is 0.500. The number of ether oxygens (including phenoxy) is 2. The second kappa shape index (κ2) is 7.38. The Morgan fingerprint density at radius 2 is 1.75 bits per heavy atom. The summed E-state index contributed by atoms with van der Waals surface area (Å²) in [5.74, 6) is -3.15. The summed E-state index contributed by atoms with van der Waals surface area (Å²) in [5, 5.41) is 0. The van der Waals surface area contributed by atoms with E-state index in [4.69, 9.17) is 9.47 Å². The number of carbonyl (C=O) groups excluding carboxylic acids is 1. The van der Waals surface area contributed by atoms with Gasteiger partial charge < -0.3 is 9.47 Å². The number of benzene rings is 1. The number of rotatable bonds is 7. The number of esters is 1. The lowest BCUT2D eigenvalue weighted by Crippen LogP contribution is -2.10. The quantitative estimate of drug-likeness (QED) is 0.694. The minimum Gasteiger partial charge on any atom is -0.461 e. The van der Waals surface area contributed by atoms with Crippen molar-refractivity contribution in [1.82, 2.24) is 0 Å². The maximum absolute atomic E-state index is 13.1. The van der Waals surface area contributed by atoms with Crippen molar-refractivity contribution in [2.24, 2.45) is 17.3 Å². The van der Waals surface area contributed by atoms with Crippen molar-refractivity contribution in [2.45, 2.75) is 33.5 Å². The first-order chi connectivity index (χ1) is 11.3. The number of hydrogen-bond donors (Lipinski definition) is 0. The van der Waals surface area contributed by atoms with Crippen LogP contribution >= 0.6 is 0 Å². The van der Waals surface area contributed by atoms with Crippen LogP contribution in [-0.4, -0.2) is 19.5 Å². The zero-order valence-corrected chi connectivity index (χ0v) is 13.9. The summed E-state index contributed by atoms with van der Waals surface area (Å²) < 4.78 is 47.9. The summed E-state index contributed by atoms with van der Waals surface area (Å²) in [6.07, 6.45) is -2.31. The first kappa shape index (κ1) is 18.5. The van der Waals surface area contributed by atoms with Crippen LogP contribution in [0, 0.1) is 17.3 Å². The van der Waals surface area contributed by atoms with E-state index in [0.717, 1.165) is 17.2 Å². The van der Waals surface area contributed by atoms with Gasteiger partial charge in [0.1, 0.15) is 6.61 Å². The van der Waals surface area contributed by atoms with Gasteiger partial charge in [-0.05, 0) is 28.5 Å². The van der Waals surface area contributed by atoms with Crippen LogP contribution in [0.4, 0.5) is 13.2 Å². The lowest BCUT2D eigenvalue weighted by atomic mass is 10.1. The van der Waals surface area contributed by atoms with Gasteiger partial charge in [-0.15, -0.1) is 0 Å². The molecule has 3 nitrogen and oxygen atoms in total. The number of halogens is 3. The van der Waals surface area contributed by atoms with Crippen LogP contribution in [0.2, 0.25) is 0 Å². The molecule has 2 atom stereocenters. The van der Waals surface area contributed by atoms with Crippen LogP contribution in [0.25, 0.3) is 0 Å². The van der Waals surface area contributed by atoms with Gasteiger partial charge in [-0.3, -0.25) is 4.79 Å². The second-order valence-electron chi connectivity index (χ2n) is 6.53. The monoisotopic (exact) mass is 342 g/mol. The molecule has 0 aromatic heterocycles. The standard InChI is InChI=1S/C18H21F3O3/c1-18(2)13(8-14(19)16(20)21)15(18)17(22)24-10-12-6-4-11(5-7-12)9-23-3/h4-8,13,15-16H,9-10H2,1-3H3/b14-8-. The molecule has 0 spiro atoms. The van der Waals surface area contributed by atoms with Crippen molar-refractivity contribution in [3.63, 3.8) is 0 Å². The summed E-state index contributed by atoms with van der Waals surface area (Å²) in [4.78, 5) is 12.1. The van der Waals surface area contributed by atoms with Crippen molar-refractivity contribution in [3.8, 4) is 0 Å². The van der Waals surface area contributed by atoms with Crippen LogP contribution in [0.15, 0.2) is 36.2 Å². The number of allylic oxidation sites excluding steroid dienone is 2. The molecule has 0 aliphatic heterocycles. The first-order valence-corrected chi connectivity index (χ1v) is 7.66. The molecule has 24 heavy (non-hydrogen) atoms. The average molecular weight is 342 g/mol. The van der Waals surface area contributed by atoms with Gasteiger partial charge in [0, 0.05) is 7.11 Å². The molecule has 2 unspecified atom stereocenters. The molecule has 1 aliphatic rings. The van der Waals surface area contributed by atoms with E-state index >= 15 is 0 Å². The Labute approximate surface area is 139 Å². The predicted molar refractivity (Wildman–Crippen MR) is 82.9 cm³/mol. The topological polar surface area (TPSA) is 35.5 Å². The van der Waals surface area contributed by atoms with Crippen molar-refractivity contribution in [2.75, 3.05) is 7.11 Å². The number of carbonyl (C=O) groups is 1. The normalized spacial score (nSPS) is 22.5. The van der Waals surface area contributed by atoms with E-state index in [2.05, 4.69) is 0 Å². The fourth-order valence-electron chi connectivity index (χ4n) is 2.83. The van der Waals surface area contributed by atoms with Crippen LogP contribution in [0.5, 0.6) is 0 Å².